The molecule has 1 amide bonds. The second-order valence-corrected chi connectivity index (χ2v) is 11.0. The zero-order valence-electron chi connectivity index (χ0n) is 24.2. The van der Waals surface area contributed by atoms with Gasteiger partial charge in [0.15, 0.2) is 0 Å². The van der Waals surface area contributed by atoms with Crippen molar-refractivity contribution in [3.05, 3.63) is 64.2 Å². The number of carbonyl (C=O) groups excluding carboxylic acids is 2. The highest BCUT2D eigenvalue weighted by molar-refractivity contribution is 5.96. The summed E-state index contributed by atoms with van der Waals surface area (Å²) in [6.07, 6.45) is 2.01. The van der Waals surface area contributed by atoms with Gasteiger partial charge in [-0.2, -0.15) is 0 Å². The lowest BCUT2D eigenvalue weighted by molar-refractivity contribution is 0.0377. The summed E-state index contributed by atoms with van der Waals surface area (Å²) in [6, 6.07) is 11.3. The van der Waals surface area contributed by atoms with E-state index < -0.39 is 0 Å². The van der Waals surface area contributed by atoms with Gasteiger partial charge in [-0.3, -0.25) is 9.69 Å². The van der Waals surface area contributed by atoms with Crippen LogP contribution in [0.3, 0.4) is 0 Å². The highest BCUT2D eigenvalue weighted by Crippen LogP contribution is 2.34. The lowest BCUT2D eigenvalue weighted by Gasteiger charge is -2.44. The first kappa shape index (κ1) is 29.7. The highest BCUT2D eigenvalue weighted by Gasteiger charge is 2.32. The maximum absolute atomic E-state index is 12.6. The fourth-order valence-corrected chi connectivity index (χ4v) is 4.77. The molecule has 7 heteroatoms. The van der Waals surface area contributed by atoms with Gasteiger partial charge in [0, 0.05) is 37.2 Å². The van der Waals surface area contributed by atoms with Crippen molar-refractivity contribution in [2.75, 3.05) is 46.9 Å². The topological polar surface area (TPSA) is 71.1 Å². The summed E-state index contributed by atoms with van der Waals surface area (Å²) in [5.41, 5.74) is 4.84. The third kappa shape index (κ3) is 8.05. The van der Waals surface area contributed by atoms with Crippen molar-refractivity contribution in [3.8, 4) is 5.75 Å². The van der Waals surface area contributed by atoms with Crippen LogP contribution in [0.25, 0.3) is 0 Å². The summed E-state index contributed by atoms with van der Waals surface area (Å²) in [4.78, 5) is 29.2. The van der Waals surface area contributed by atoms with Crippen LogP contribution in [-0.4, -0.2) is 74.7 Å². The molecule has 0 spiro atoms. The van der Waals surface area contributed by atoms with Gasteiger partial charge in [0.2, 0.25) is 0 Å². The third-order valence-corrected chi connectivity index (χ3v) is 7.30. The molecule has 1 N–H and O–H groups in total. The number of unbranched alkanes of at least 4 members (excludes halogenated alkanes) is 1. The molecule has 1 atom stereocenters. The number of ether oxygens (including phenoxy) is 2. The first-order chi connectivity index (χ1) is 18.1. The van der Waals surface area contributed by atoms with E-state index in [2.05, 4.69) is 62.1 Å². The van der Waals surface area contributed by atoms with Crippen LogP contribution in [0.15, 0.2) is 36.4 Å². The molecule has 1 saturated heterocycles. The monoisotopic (exact) mass is 523 g/mol. The first-order valence-electron chi connectivity index (χ1n) is 13.8. The van der Waals surface area contributed by atoms with Crippen LogP contribution < -0.4 is 10.1 Å². The van der Waals surface area contributed by atoms with Crippen molar-refractivity contribution < 1.29 is 19.1 Å². The summed E-state index contributed by atoms with van der Waals surface area (Å²) in [6.45, 7) is 14.6. The zero-order valence-corrected chi connectivity index (χ0v) is 24.2. The van der Waals surface area contributed by atoms with E-state index in [1.807, 2.05) is 13.8 Å². The van der Waals surface area contributed by atoms with Crippen LogP contribution in [0.1, 0.15) is 77.1 Å². The summed E-state index contributed by atoms with van der Waals surface area (Å²) in [5, 5.41) is 3.04. The van der Waals surface area contributed by atoms with Crippen molar-refractivity contribution in [3.63, 3.8) is 0 Å². The summed E-state index contributed by atoms with van der Waals surface area (Å²) in [5.74, 6) is 0.910. The molecule has 3 rings (SSSR count). The van der Waals surface area contributed by atoms with E-state index >= 15 is 0 Å². The average molecular weight is 524 g/mol. The molecule has 0 saturated carbocycles. The Morgan fingerprint density at radius 1 is 0.974 bits per heavy atom. The quantitative estimate of drug-likeness (QED) is 0.294. The minimum atomic E-state index is -0.376. The van der Waals surface area contributed by atoms with Crippen LogP contribution in [0, 0.1) is 19.8 Å². The molecule has 1 aliphatic heterocycles. The van der Waals surface area contributed by atoms with E-state index in [4.69, 9.17) is 9.47 Å². The number of carbonyl (C=O) groups is 2. The average Bonchev–Trinajstić information content (AvgIpc) is 2.84. The van der Waals surface area contributed by atoms with Gasteiger partial charge in [-0.05, 0) is 115 Å². The van der Waals surface area contributed by atoms with Crippen molar-refractivity contribution in [2.24, 2.45) is 5.92 Å². The molecule has 1 aliphatic rings. The van der Waals surface area contributed by atoms with Crippen molar-refractivity contribution in [1.29, 1.82) is 0 Å². The molecular formula is C31H45N3O4. The number of nitrogens with one attached hydrogen (secondary N) is 1. The molecular weight excluding hydrogens is 478 g/mol. The molecule has 1 fully saturated rings. The first-order valence-corrected chi connectivity index (χ1v) is 13.8. The Bertz CT molecular complexity index is 1080. The standard InChI is InChI=1S/C31H45N3O4/c1-21(2)38-31(36)27-12-10-26(11-13-27)30(35)32-18-25-19-34(20-25)24(5)28-14-15-29(23(4)22(28)3)37-17-9-8-16-33(6)7/h10-15,21,24-25H,8-9,16-20H2,1-7H3,(H,32,35). The van der Waals surface area contributed by atoms with E-state index in [0.29, 0.717) is 29.6 Å². The van der Waals surface area contributed by atoms with Gasteiger partial charge in [-0.1, -0.05) is 6.07 Å². The lowest BCUT2D eigenvalue weighted by atomic mass is 9.91. The lowest BCUT2D eigenvalue weighted by Crippen LogP contribution is -2.52. The number of hydrogen-bond acceptors (Lipinski definition) is 6. The van der Waals surface area contributed by atoms with Crippen LogP contribution in [0.2, 0.25) is 0 Å². The minimum Gasteiger partial charge on any atom is -0.493 e. The van der Waals surface area contributed by atoms with Crippen LogP contribution >= 0.6 is 0 Å². The van der Waals surface area contributed by atoms with Gasteiger partial charge in [0.05, 0.1) is 18.3 Å². The maximum Gasteiger partial charge on any atom is 0.338 e. The van der Waals surface area contributed by atoms with Crippen molar-refractivity contribution in [2.45, 2.75) is 59.6 Å². The van der Waals surface area contributed by atoms with E-state index in [1.54, 1.807) is 24.3 Å². The van der Waals surface area contributed by atoms with Gasteiger partial charge in [0.1, 0.15) is 5.75 Å². The molecule has 1 heterocycles. The number of rotatable bonds is 13. The Morgan fingerprint density at radius 3 is 2.26 bits per heavy atom. The smallest absolute Gasteiger partial charge is 0.338 e. The van der Waals surface area contributed by atoms with Gasteiger partial charge >= 0.3 is 5.97 Å². The fraction of sp³-hybridized carbons (Fsp3) is 0.548. The third-order valence-electron chi connectivity index (χ3n) is 7.30. The van der Waals surface area contributed by atoms with Gasteiger partial charge in [-0.15, -0.1) is 0 Å². The molecule has 0 radical (unpaired) electrons. The molecule has 208 valence electrons. The fourth-order valence-electron chi connectivity index (χ4n) is 4.77. The number of nitrogens with zero attached hydrogens (tertiary/aromatic N) is 2. The van der Waals surface area contributed by atoms with Crippen molar-refractivity contribution in [1.82, 2.24) is 15.1 Å². The highest BCUT2D eigenvalue weighted by atomic mass is 16.5. The Balaban J connectivity index is 1.44. The number of esters is 1. The predicted molar refractivity (Wildman–Crippen MR) is 152 cm³/mol. The molecule has 1 unspecified atom stereocenters. The van der Waals surface area contributed by atoms with E-state index in [1.165, 1.54) is 16.7 Å². The molecule has 0 aliphatic carbocycles. The maximum atomic E-state index is 12.6. The Hall–Kier alpha value is -2.90. The number of likely N-dealkylation sites (tertiary alicyclic amines) is 1. The van der Waals surface area contributed by atoms with E-state index in [-0.39, 0.29) is 18.0 Å². The Kier molecular flexibility index (Phi) is 10.7. The largest absolute Gasteiger partial charge is 0.493 e. The second-order valence-electron chi connectivity index (χ2n) is 11.0. The number of benzene rings is 2. The summed E-state index contributed by atoms with van der Waals surface area (Å²) in [7, 11) is 4.20. The minimum absolute atomic E-state index is 0.121. The zero-order chi connectivity index (χ0) is 27.8. The van der Waals surface area contributed by atoms with E-state index in [9.17, 15) is 9.59 Å². The van der Waals surface area contributed by atoms with E-state index in [0.717, 1.165) is 44.8 Å². The van der Waals surface area contributed by atoms with Crippen LogP contribution in [-0.2, 0) is 4.74 Å². The Labute approximate surface area is 228 Å². The summed E-state index contributed by atoms with van der Waals surface area (Å²) >= 11 is 0. The predicted octanol–water partition coefficient (Wildman–Crippen LogP) is 5.01. The molecule has 38 heavy (non-hydrogen) atoms. The molecule has 2 aromatic rings. The second kappa shape index (κ2) is 13.8. The number of amides is 1. The number of hydrogen-bond donors (Lipinski definition) is 1. The molecule has 2 aromatic carbocycles. The van der Waals surface area contributed by atoms with Gasteiger partial charge < -0.3 is 19.7 Å². The van der Waals surface area contributed by atoms with Crippen LogP contribution in [0.4, 0.5) is 0 Å². The molecule has 7 nitrogen and oxygen atoms in total. The summed E-state index contributed by atoms with van der Waals surface area (Å²) < 4.78 is 11.3. The van der Waals surface area contributed by atoms with Crippen molar-refractivity contribution >= 4 is 11.9 Å². The molecule has 0 aromatic heterocycles. The normalized spacial score (nSPS) is 14.9. The SMILES string of the molecule is Cc1c(OCCCCN(C)C)ccc(C(C)N2CC(CNC(=O)c3ccc(C(=O)OC(C)C)cc3)C2)c1C. The Morgan fingerprint density at radius 2 is 1.63 bits per heavy atom. The molecule has 0 bridgehead atoms. The van der Waals surface area contributed by atoms with Crippen LogP contribution in [0.5, 0.6) is 5.75 Å². The van der Waals surface area contributed by atoms with Gasteiger partial charge in [-0.25, -0.2) is 4.79 Å². The van der Waals surface area contributed by atoms with Gasteiger partial charge in [0.25, 0.3) is 5.91 Å².